The third-order valence-corrected chi connectivity index (χ3v) is 12.1. The van der Waals surface area contributed by atoms with Crippen molar-refractivity contribution in [3.8, 4) is 34.0 Å². The van der Waals surface area contributed by atoms with Crippen molar-refractivity contribution in [3.05, 3.63) is 139 Å². The Morgan fingerprint density at radius 2 is 1.41 bits per heavy atom. The molecule has 0 atom stereocenters. The highest BCUT2D eigenvalue weighted by atomic mass is 16.3. The molecule has 0 saturated carbocycles. The minimum absolute atomic E-state index is 0.0411. The number of benzene rings is 8. The Hall–Kier alpha value is -6.77. The van der Waals surface area contributed by atoms with Gasteiger partial charge in [0.15, 0.2) is 0 Å². The number of nitriles is 1. The van der Waals surface area contributed by atoms with E-state index in [0.717, 1.165) is 27.5 Å². The van der Waals surface area contributed by atoms with Gasteiger partial charge in [-0.25, -0.2) is 0 Å². The zero-order chi connectivity index (χ0) is 33.3. The summed E-state index contributed by atoms with van der Waals surface area (Å²) in [6, 6.07) is 48.5. The molecule has 5 heterocycles. The summed E-state index contributed by atoms with van der Waals surface area (Å²) in [7, 11) is 0. The second kappa shape index (κ2) is 8.68. The van der Waals surface area contributed by atoms with Gasteiger partial charge >= 0.3 is 6.85 Å². The van der Waals surface area contributed by atoms with Crippen LogP contribution in [-0.4, -0.2) is 15.9 Å². The number of hydrogen-bond donors (Lipinski definition) is 0. The number of fused-ring (bicyclic) bond motifs is 12. The van der Waals surface area contributed by atoms with E-state index in [9.17, 15) is 5.26 Å². The summed E-state index contributed by atoms with van der Waals surface area (Å²) < 4.78 is 12.0. The summed E-state index contributed by atoms with van der Waals surface area (Å²) in [4.78, 5) is 0. The predicted octanol–water partition coefficient (Wildman–Crippen LogP) is 10.2. The van der Waals surface area contributed by atoms with Crippen molar-refractivity contribution < 1.29 is 4.42 Å². The van der Waals surface area contributed by atoms with E-state index < -0.39 is 0 Å². The third-order valence-electron chi connectivity index (χ3n) is 12.1. The van der Waals surface area contributed by atoms with Crippen molar-refractivity contribution in [1.29, 1.82) is 5.26 Å². The lowest BCUT2D eigenvalue weighted by molar-refractivity contribution is 0.673. The van der Waals surface area contributed by atoms with E-state index in [0.29, 0.717) is 5.56 Å². The molecule has 232 valence electrons. The molecule has 51 heavy (non-hydrogen) atoms. The number of para-hydroxylation sites is 2. The van der Waals surface area contributed by atoms with Crippen LogP contribution in [0.15, 0.2) is 132 Å². The first-order chi connectivity index (χ1) is 25.2. The van der Waals surface area contributed by atoms with Gasteiger partial charge in [0.25, 0.3) is 0 Å². The molecule has 2 aliphatic rings. The van der Waals surface area contributed by atoms with Gasteiger partial charge in [-0.05, 0) is 93.3 Å². The molecule has 0 saturated heterocycles. The predicted molar refractivity (Wildman–Crippen MR) is 210 cm³/mol. The normalized spacial score (nSPS) is 13.1. The highest BCUT2D eigenvalue weighted by Crippen LogP contribution is 2.50. The lowest BCUT2D eigenvalue weighted by Gasteiger charge is -2.35. The molecule has 0 aliphatic carbocycles. The van der Waals surface area contributed by atoms with Crippen LogP contribution in [0.25, 0.3) is 104 Å². The van der Waals surface area contributed by atoms with Crippen LogP contribution in [0, 0.1) is 18.3 Å². The second-order valence-electron chi connectivity index (χ2n) is 14.3. The summed E-state index contributed by atoms with van der Waals surface area (Å²) in [5, 5.41) is 19.5. The minimum atomic E-state index is -0.0411. The number of nitrogens with zero attached hydrogens (tertiary/aromatic N) is 3. The fraction of sp³-hybridized carbons (Fsp3) is 0.0217. The molecule has 0 fully saturated rings. The van der Waals surface area contributed by atoms with Crippen LogP contribution in [-0.2, 0) is 0 Å². The van der Waals surface area contributed by atoms with Gasteiger partial charge in [-0.1, -0.05) is 84.9 Å². The van der Waals surface area contributed by atoms with Gasteiger partial charge < -0.3 is 13.5 Å². The number of rotatable bonds is 1. The van der Waals surface area contributed by atoms with E-state index in [1.165, 1.54) is 93.3 Å². The first-order valence-electron chi connectivity index (χ1n) is 17.5. The van der Waals surface area contributed by atoms with Gasteiger partial charge in [0.2, 0.25) is 0 Å². The molecule has 0 radical (unpaired) electrons. The summed E-state index contributed by atoms with van der Waals surface area (Å²) >= 11 is 0. The standard InChI is InChI=1S/C46H24BN3O/c1-24-31(26-15-13-25(23-48)14-16-26)22-37-43-39(24)33-21-32-29-8-3-5-12-38(29)51-46(32)42-30-9-2-4-10-35(30)50(44(33)42)47(43)34-20-19-28-18-17-27-7-6-11-36-40(27)41(28)45(34)49(36)37/h2-22H,1H3. The Bertz CT molecular complexity index is 3440. The number of aromatic nitrogens is 2. The molecule has 0 unspecified atom stereocenters. The molecule has 0 bridgehead atoms. The third kappa shape index (κ3) is 2.90. The lowest BCUT2D eigenvalue weighted by atomic mass is 9.45. The molecule has 8 aromatic carbocycles. The van der Waals surface area contributed by atoms with Crippen LogP contribution in [0.1, 0.15) is 11.1 Å². The molecule has 0 spiro atoms. The first kappa shape index (κ1) is 26.1. The molecule has 5 heteroatoms. The van der Waals surface area contributed by atoms with Gasteiger partial charge in [0.1, 0.15) is 11.2 Å². The smallest absolute Gasteiger partial charge is 0.333 e. The van der Waals surface area contributed by atoms with Crippen molar-refractivity contribution >= 4 is 94.1 Å². The molecule has 13 rings (SSSR count). The van der Waals surface area contributed by atoms with Crippen LogP contribution in [0.3, 0.4) is 0 Å². The fourth-order valence-electron chi connectivity index (χ4n) is 10.1. The van der Waals surface area contributed by atoms with Crippen LogP contribution >= 0.6 is 0 Å². The summed E-state index contributed by atoms with van der Waals surface area (Å²) in [6.45, 7) is 2.25. The Morgan fingerprint density at radius 1 is 0.647 bits per heavy atom. The molecule has 4 nitrogen and oxygen atoms in total. The van der Waals surface area contributed by atoms with Gasteiger partial charge in [-0.3, -0.25) is 0 Å². The Morgan fingerprint density at radius 3 is 2.27 bits per heavy atom. The molecule has 0 N–H and O–H groups in total. The maximum absolute atomic E-state index is 9.65. The maximum atomic E-state index is 9.65. The Kier molecular flexibility index (Phi) is 4.45. The zero-order valence-electron chi connectivity index (χ0n) is 27.5. The Balaban J connectivity index is 1.31. The van der Waals surface area contributed by atoms with Crippen LogP contribution in [0.4, 0.5) is 0 Å². The molecule has 3 aromatic heterocycles. The van der Waals surface area contributed by atoms with Gasteiger partial charge in [-0.2, -0.15) is 5.26 Å². The number of furan rings is 1. The summed E-state index contributed by atoms with van der Waals surface area (Å²) in [6.07, 6.45) is 0. The highest BCUT2D eigenvalue weighted by molar-refractivity contribution is 6.90. The van der Waals surface area contributed by atoms with E-state index in [1.54, 1.807) is 0 Å². The number of hydrogen-bond acceptors (Lipinski definition) is 2. The van der Waals surface area contributed by atoms with Crippen molar-refractivity contribution in [3.63, 3.8) is 0 Å². The minimum Gasteiger partial charge on any atom is -0.455 e. The first-order valence-corrected chi connectivity index (χ1v) is 17.5. The largest absolute Gasteiger partial charge is 0.455 e. The zero-order valence-corrected chi connectivity index (χ0v) is 27.5. The van der Waals surface area contributed by atoms with Crippen molar-refractivity contribution in [1.82, 2.24) is 9.05 Å². The van der Waals surface area contributed by atoms with Crippen LogP contribution in [0.5, 0.6) is 0 Å². The molecule has 11 aromatic rings. The molecular formula is C46H24BN3O. The van der Waals surface area contributed by atoms with E-state index in [4.69, 9.17) is 4.42 Å². The maximum Gasteiger partial charge on any atom is 0.333 e. The second-order valence-corrected chi connectivity index (χ2v) is 14.3. The summed E-state index contributed by atoms with van der Waals surface area (Å²) in [5.74, 6) is 0. The lowest BCUT2D eigenvalue weighted by Crippen LogP contribution is -2.55. The Labute approximate surface area is 291 Å². The topological polar surface area (TPSA) is 46.8 Å². The van der Waals surface area contributed by atoms with Crippen molar-refractivity contribution in [2.24, 2.45) is 0 Å². The van der Waals surface area contributed by atoms with Crippen molar-refractivity contribution in [2.45, 2.75) is 6.92 Å². The average Bonchev–Trinajstić information content (AvgIpc) is 3.84. The van der Waals surface area contributed by atoms with E-state index >= 15 is 0 Å². The fourth-order valence-corrected chi connectivity index (χ4v) is 10.1. The SMILES string of the molecule is Cc1c(-c2ccc(C#N)cc2)cc2c3c1-c1cc4c5ccccc5oc4c4c5ccccc5n(c14)B3c1ccc3ccc4cccc5c4c3c1n5-2. The average molecular weight is 646 g/mol. The monoisotopic (exact) mass is 645 g/mol. The molecular weight excluding hydrogens is 621 g/mol. The molecule has 2 aliphatic heterocycles. The highest BCUT2D eigenvalue weighted by Gasteiger charge is 2.43. The van der Waals surface area contributed by atoms with E-state index in [1.807, 2.05) is 12.1 Å². The quantitative estimate of drug-likeness (QED) is 0.132. The van der Waals surface area contributed by atoms with E-state index in [-0.39, 0.29) is 6.85 Å². The van der Waals surface area contributed by atoms with E-state index in [2.05, 4.69) is 137 Å². The van der Waals surface area contributed by atoms with Gasteiger partial charge in [-0.15, -0.1) is 0 Å². The van der Waals surface area contributed by atoms with Crippen LogP contribution < -0.4 is 10.9 Å². The van der Waals surface area contributed by atoms with Gasteiger partial charge in [0, 0.05) is 49.2 Å². The van der Waals surface area contributed by atoms with Crippen LogP contribution in [0.2, 0.25) is 0 Å². The molecule has 0 amide bonds. The van der Waals surface area contributed by atoms with Crippen molar-refractivity contribution in [2.75, 3.05) is 0 Å². The summed E-state index contributed by atoms with van der Waals surface area (Å²) in [5.41, 5.74) is 17.4. The van der Waals surface area contributed by atoms with Gasteiger partial charge in [0.05, 0.1) is 28.1 Å².